The summed E-state index contributed by atoms with van der Waals surface area (Å²) < 4.78 is 6.17. The molecular weight excluding hydrogens is 272 g/mol. The predicted octanol–water partition coefficient (Wildman–Crippen LogP) is 3.42. The van der Waals surface area contributed by atoms with Crippen molar-refractivity contribution in [2.75, 3.05) is 19.7 Å². The maximum absolute atomic E-state index is 6.17. The molecule has 2 fully saturated rings. The predicted molar refractivity (Wildman–Crippen MR) is 87.5 cm³/mol. The van der Waals surface area contributed by atoms with Crippen molar-refractivity contribution < 1.29 is 4.74 Å². The zero-order valence-corrected chi connectivity index (χ0v) is 14.7. The summed E-state index contributed by atoms with van der Waals surface area (Å²) in [6.07, 6.45) is 5.16. The van der Waals surface area contributed by atoms with E-state index in [0.29, 0.717) is 12.1 Å². The van der Waals surface area contributed by atoms with E-state index in [1.165, 1.54) is 25.8 Å². The van der Waals surface area contributed by atoms with Gasteiger partial charge in [0.15, 0.2) is 0 Å². The number of rotatable bonds is 3. The van der Waals surface area contributed by atoms with Gasteiger partial charge < -0.3 is 4.74 Å². The Morgan fingerprint density at radius 3 is 2.50 bits per heavy atom. The summed E-state index contributed by atoms with van der Waals surface area (Å²) in [5.41, 5.74) is 0.133. The molecule has 0 aromatic rings. The Hall–Kier alpha value is 0.170. The fourth-order valence-electron chi connectivity index (χ4n) is 3.39. The van der Waals surface area contributed by atoms with Gasteiger partial charge in [-0.2, -0.15) is 0 Å². The molecule has 0 amide bonds. The third kappa shape index (κ3) is 4.59. The molecule has 0 aromatic carbocycles. The highest BCUT2D eigenvalue weighted by atomic mass is 35.5. The monoisotopic (exact) mass is 304 g/mol. The molecule has 3 nitrogen and oxygen atoms in total. The van der Waals surface area contributed by atoms with Crippen LogP contribution in [-0.2, 0) is 4.74 Å². The molecule has 0 aliphatic carbocycles. The van der Waals surface area contributed by atoms with E-state index >= 15 is 0 Å². The van der Waals surface area contributed by atoms with Gasteiger partial charge in [-0.05, 0) is 40.2 Å². The fourth-order valence-corrected chi connectivity index (χ4v) is 3.39. The first-order valence-corrected chi connectivity index (χ1v) is 7.96. The molecule has 0 saturated carbocycles. The number of halogens is 1. The molecule has 20 heavy (non-hydrogen) atoms. The van der Waals surface area contributed by atoms with Crippen molar-refractivity contribution in [2.24, 2.45) is 5.41 Å². The maximum Gasteiger partial charge on any atom is 0.117 e. The Kier molecular flexibility index (Phi) is 6.33. The quantitative estimate of drug-likeness (QED) is 0.864. The van der Waals surface area contributed by atoms with E-state index in [-0.39, 0.29) is 23.5 Å². The standard InChI is InChI=1S/C16H32N2O.ClH/c1-13(2)18-9-7-6-8-14(18)10-16(5)17-11-15(3,4)12-19-16;/h13-14,17H,6-12H2,1-5H3;1H. The van der Waals surface area contributed by atoms with Crippen LogP contribution in [0.3, 0.4) is 0 Å². The summed E-state index contributed by atoms with van der Waals surface area (Å²) in [5, 5.41) is 3.64. The molecule has 2 atom stereocenters. The van der Waals surface area contributed by atoms with Crippen LogP contribution in [0.25, 0.3) is 0 Å². The molecule has 2 rings (SSSR count). The number of piperidine rings is 1. The Morgan fingerprint density at radius 1 is 1.25 bits per heavy atom. The van der Waals surface area contributed by atoms with Crippen LogP contribution in [0.2, 0.25) is 0 Å². The van der Waals surface area contributed by atoms with Gasteiger partial charge in [0.25, 0.3) is 0 Å². The second kappa shape index (κ2) is 6.95. The molecule has 0 spiro atoms. The second-order valence-corrected chi connectivity index (χ2v) is 7.72. The summed E-state index contributed by atoms with van der Waals surface area (Å²) in [5.74, 6) is 0. The van der Waals surface area contributed by atoms with Gasteiger partial charge in [0, 0.05) is 30.5 Å². The number of likely N-dealkylation sites (tertiary alicyclic amines) is 1. The van der Waals surface area contributed by atoms with Gasteiger partial charge in [-0.15, -0.1) is 12.4 Å². The van der Waals surface area contributed by atoms with Gasteiger partial charge in [0.1, 0.15) is 5.72 Å². The maximum atomic E-state index is 6.17. The zero-order valence-electron chi connectivity index (χ0n) is 13.9. The highest BCUT2D eigenvalue weighted by Crippen LogP contribution is 2.31. The zero-order chi connectivity index (χ0) is 14.1. The van der Waals surface area contributed by atoms with Crippen LogP contribution < -0.4 is 5.32 Å². The van der Waals surface area contributed by atoms with E-state index in [9.17, 15) is 0 Å². The Balaban J connectivity index is 0.00000200. The van der Waals surface area contributed by atoms with Gasteiger partial charge in [-0.3, -0.25) is 10.2 Å². The van der Waals surface area contributed by atoms with Crippen LogP contribution in [0, 0.1) is 5.41 Å². The van der Waals surface area contributed by atoms with Gasteiger partial charge in [0.05, 0.1) is 6.61 Å². The van der Waals surface area contributed by atoms with E-state index in [2.05, 4.69) is 44.8 Å². The summed E-state index contributed by atoms with van der Waals surface area (Å²) in [4.78, 5) is 2.67. The van der Waals surface area contributed by atoms with E-state index in [1.54, 1.807) is 0 Å². The Labute approximate surface area is 131 Å². The molecule has 1 N–H and O–H groups in total. The summed E-state index contributed by atoms with van der Waals surface area (Å²) in [7, 11) is 0. The second-order valence-electron chi connectivity index (χ2n) is 7.72. The van der Waals surface area contributed by atoms with Crippen molar-refractivity contribution in [3.63, 3.8) is 0 Å². The van der Waals surface area contributed by atoms with Crippen molar-refractivity contribution in [3.05, 3.63) is 0 Å². The molecular formula is C16H33ClN2O. The number of hydrogen-bond acceptors (Lipinski definition) is 3. The first-order chi connectivity index (χ1) is 8.81. The lowest BCUT2D eigenvalue weighted by Crippen LogP contribution is -2.59. The average molecular weight is 305 g/mol. The van der Waals surface area contributed by atoms with Crippen molar-refractivity contribution in [1.29, 1.82) is 0 Å². The van der Waals surface area contributed by atoms with Gasteiger partial charge in [0.2, 0.25) is 0 Å². The molecule has 4 heteroatoms. The minimum Gasteiger partial charge on any atom is -0.360 e. The molecule has 0 bridgehead atoms. The lowest BCUT2D eigenvalue weighted by molar-refractivity contribution is -0.141. The summed E-state index contributed by atoms with van der Waals surface area (Å²) >= 11 is 0. The number of nitrogens with one attached hydrogen (secondary N) is 1. The van der Waals surface area contributed by atoms with Crippen molar-refractivity contribution in [3.8, 4) is 0 Å². The molecule has 2 unspecified atom stereocenters. The SMILES string of the molecule is CC(C)N1CCCCC1CC1(C)NCC(C)(C)CO1.Cl. The lowest BCUT2D eigenvalue weighted by Gasteiger charge is -2.47. The smallest absolute Gasteiger partial charge is 0.117 e. The summed E-state index contributed by atoms with van der Waals surface area (Å²) in [6.45, 7) is 14.6. The third-order valence-electron chi connectivity index (χ3n) is 4.68. The van der Waals surface area contributed by atoms with Gasteiger partial charge >= 0.3 is 0 Å². The normalized spacial score (nSPS) is 34.8. The highest BCUT2D eigenvalue weighted by molar-refractivity contribution is 5.85. The van der Waals surface area contributed by atoms with Crippen LogP contribution in [0.1, 0.15) is 60.3 Å². The molecule has 2 heterocycles. The van der Waals surface area contributed by atoms with Crippen LogP contribution in [-0.4, -0.2) is 42.4 Å². The number of nitrogens with zero attached hydrogens (tertiary/aromatic N) is 1. The molecule has 0 radical (unpaired) electrons. The van der Waals surface area contributed by atoms with Gasteiger partial charge in [-0.25, -0.2) is 0 Å². The van der Waals surface area contributed by atoms with Crippen LogP contribution in [0.5, 0.6) is 0 Å². The van der Waals surface area contributed by atoms with Crippen LogP contribution >= 0.6 is 12.4 Å². The minimum atomic E-state index is -0.134. The van der Waals surface area contributed by atoms with Crippen LogP contribution in [0.4, 0.5) is 0 Å². The first-order valence-electron chi connectivity index (χ1n) is 7.96. The molecule has 0 aromatic heterocycles. The average Bonchev–Trinajstić information content (AvgIpc) is 2.34. The van der Waals surface area contributed by atoms with E-state index in [0.717, 1.165) is 19.6 Å². The summed E-state index contributed by atoms with van der Waals surface area (Å²) in [6, 6.07) is 1.32. The van der Waals surface area contributed by atoms with Crippen molar-refractivity contribution >= 4 is 12.4 Å². The first kappa shape index (κ1) is 18.2. The van der Waals surface area contributed by atoms with Crippen molar-refractivity contribution in [1.82, 2.24) is 10.2 Å². The third-order valence-corrected chi connectivity index (χ3v) is 4.68. The lowest BCUT2D eigenvalue weighted by atomic mass is 9.88. The molecule has 2 saturated heterocycles. The molecule has 120 valence electrons. The topological polar surface area (TPSA) is 24.5 Å². The largest absolute Gasteiger partial charge is 0.360 e. The highest BCUT2D eigenvalue weighted by Gasteiger charge is 2.39. The van der Waals surface area contributed by atoms with Gasteiger partial charge in [-0.1, -0.05) is 20.3 Å². The van der Waals surface area contributed by atoms with E-state index in [1.807, 2.05) is 0 Å². The Morgan fingerprint density at radius 2 is 1.95 bits per heavy atom. The number of ether oxygens (including phenoxy) is 1. The molecule has 2 aliphatic heterocycles. The minimum absolute atomic E-state index is 0. The van der Waals surface area contributed by atoms with E-state index < -0.39 is 0 Å². The Bertz CT molecular complexity index is 297. The molecule has 2 aliphatic rings. The van der Waals surface area contributed by atoms with Crippen LogP contribution in [0.15, 0.2) is 0 Å². The van der Waals surface area contributed by atoms with E-state index in [4.69, 9.17) is 4.74 Å². The fraction of sp³-hybridized carbons (Fsp3) is 1.00. The van der Waals surface area contributed by atoms with Crippen molar-refractivity contribution in [2.45, 2.75) is 78.1 Å². The number of hydrogen-bond donors (Lipinski definition) is 1.